The smallest absolute Gasteiger partial charge is 0.485 e. The van der Waals surface area contributed by atoms with Crippen LogP contribution < -0.4 is 15.8 Å². The number of nitrogens with one attached hydrogen (secondary N) is 1. The molecule has 234 valence electrons. The molecule has 1 aromatic carbocycles. The number of alkyl halides is 3. The Morgan fingerprint density at radius 1 is 1.24 bits per heavy atom. The first-order valence-corrected chi connectivity index (χ1v) is 13.6. The minimum Gasteiger partial charge on any atom is -0.485 e. The quantitative estimate of drug-likeness (QED) is 0.391. The summed E-state index contributed by atoms with van der Waals surface area (Å²) in [7, 11) is 3.28. The van der Waals surface area contributed by atoms with Crippen molar-refractivity contribution in [3.05, 3.63) is 29.8 Å². The van der Waals surface area contributed by atoms with Crippen molar-refractivity contribution in [2.24, 2.45) is 22.6 Å². The van der Waals surface area contributed by atoms with E-state index in [2.05, 4.69) is 10.3 Å². The van der Waals surface area contributed by atoms with E-state index in [1.54, 1.807) is 19.1 Å². The molecule has 14 heteroatoms. The van der Waals surface area contributed by atoms with Crippen LogP contribution in [-0.2, 0) is 23.9 Å². The number of carbonyl (C=O) groups excluding carboxylic acids is 2. The van der Waals surface area contributed by atoms with Crippen LogP contribution in [0.3, 0.4) is 0 Å². The van der Waals surface area contributed by atoms with Gasteiger partial charge in [0, 0.05) is 44.8 Å². The van der Waals surface area contributed by atoms with Crippen LogP contribution in [0.1, 0.15) is 58.1 Å². The number of nitrogens with two attached hydrogens (primary N) is 1. The van der Waals surface area contributed by atoms with E-state index < -0.39 is 23.3 Å². The number of fused-ring (bicyclic) bond motifs is 1. The van der Waals surface area contributed by atoms with Gasteiger partial charge in [-0.3, -0.25) is 14.5 Å². The van der Waals surface area contributed by atoms with Gasteiger partial charge in [-0.15, -0.1) is 0 Å². The maximum Gasteiger partial charge on any atom is 0.490 e. The van der Waals surface area contributed by atoms with Crippen LogP contribution in [0.25, 0.3) is 0 Å². The second-order valence-electron chi connectivity index (χ2n) is 11.7. The van der Waals surface area contributed by atoms with Gasteiger partial charge in [-0.1, -0.05) is 18.2 Å². The number of aliphatic imine (C=N–C) groups is 1. The van der Waals surface area contributed by atoms with Crippen LogP contribution in [0.15, 0.2) is 29.3 Å². The van der Waals surface area contributed by atoms with Crippen molar-refractivity contribution in [3.8, 4) is 5.75 Å². The van der Waals surface area contributed by atoms with Crippen molar-refractivity contribution in [2.75, 3.05) is 27.4 Å². The third-order valence-corrected chi connectivity index (χ3v) is 7.43. The van der Waals surface area contributed by atoms with Crippen molar-refractivity contribution in [1.29, 1.82) is 0 Å². The number of nitrogens with zero attached hydrogens (tertiary/aromatic N) is 2. The average Bonchev–Trinajstić information content (AvgIpc) is 3.65. The Balaban J connectivity index is 0.000000616. The molecule has 5 atom stereocenters. The Kier molecular flexibility index (Phi) is 10.1. The molecule has 42 heavy (non-hydrogen) atoms. The predicted octanol–water partition coefficient (Wildman–Crippen LogP) is 3.03. The molecule has 1 saturated carbocycles. The molecule has 3 aliphatic rings. The molecule has 0 aromatic heterocycles. The fourth-order valence-corrected chi connectivity index (χ4v) is 5.57. The van der Waals surface area contributed by atoms with Gasteiger partial charge in [0.15, 0.2) is 5.96 Å². The number of guanidine groups is 1. The number of benzene rings is 1. The minimum atomic E-state index is -5.08. The van der Waals surface area contributed by atoms with E-state index in [0.717, 1.165) is 11.3 Å². The van der Waals surface area contributed by atoms with Gasteiger partial charge in [-0.05, 0) is 45.6 Å². The van der Waals surface area contributed by atoms with Gasteiger partial charge in [0.1, 0.15) is 11.4 Å². The average molecular weight is 601 g/mol. The lowest BCUT2D eigenvalue weighted by Crippen LogP contribution is -2.55. The van der Waals surface area contributed by atoms with Crippen molar-refractivity contribution >= 4 is 23.7 Å². The van der Waals surface area contributed by atoms with Crippen LogP contribution >= 0.6 is 0 Å². The van der Waals surface area contributed by atoms with E-state index in [1.165, 1.54) is 0 Å². The molecule has 2 unspecified atom stereocenters. The molecule has 2 amide bonds. The summed E-state index contributed by atoms with van der Waals surface area (Å²) >= 11 is 0. The summed E-state index contributed by atoms with van der Waals surface area (Å²) in [4.78, 5) is 41.5. The summed E-state index contributed by atoms with van der Waals surface area (Å²) in [5.41, 5.74) is 6.16. The fourth-order valence-electron chi connectivity index (χ4n) is 5.57. The zero-order chi connectivity index (χ0) is 31.5. The number of para-hydroxylation sites is 1. The second kappa shape index (κ2) is 12.9. The first-order valence-electron chi connectivity index (χ1n) is 13.6. The van der Waals surface area contributed by atoms with Crippen molar-refractivity contribution < 1.29 is 46.9 Å². The Morgan fingerprint density at radius 2 is 1.88 bits per heavy atom. The molecule has 0 saturated heterocycles. The minimum absolute atomic E-state index is 0.00417. The lowest BCUT2D eigenvalue weighted by Gasteiger charge is -2.40. The Hall–Kier alpha value is -3.39. The zero-order valence-corrected chi connectivity index (χ0v) is 24.4. The van der Waals surface area contributed by atoms with Gasteiger partial charge < -0.3 is 30.4 Å². The molecule has 2 aliphatic heterocycles. The number of carboxylic acid groups (broad SMARTS) is 1. The van der Waals surface area contributed by atoms with E-state index in [4.69, 9.17) is 29.8 Å². The van der Waals surface area contributed by atoms with Crippen LogP contribution in [0.2, 0.25) is 0 Å². The monoisotopic (exact) mass is 600 g/mol. The molecule has 4 N–H and O–H groups in total. The van der Waals surface area contributed by atoms with Gasteiger partial charge in [-0.2, -0.15) is 13.2 Å². The lowest BCUT2D eigenvalue weighted by molar-refractivity contribution is -0.192. The third-order valence-electron chi connectivity index (χ3n) is 7.43. The number of carboxylic acids is 1. The number of amides is 2. The molecular weight excluding hydrogens is 561 g/mol. The van der Waals surface area contributed by atoms with Crippen molar-refractivity contribution in [2.45, 2.75) is 75.9 Å². The Labute approximate surface area is 242 Å². The third kappa shape index (κ3) is 8.12. The highest BCUT2D eigenvalue weighted by Gasteiger charge is 2.52. The van der Waals surface area contributed by atoms with Crippen LogP contribution in [0, 0.1) is 11.8 Å². The molecule has 0 bridgehead atoms. The number of carbonyl (C=O) groups is 3. The zero-order valence-electron chi connectivity index (χ0n) is 24.4. The Morgan fingerprint density at radius 3 is 2.45 bits per heavy atom. The highest BCUT2D eigenvalue weighted by atomic mass is 19.4. The highest BCUT2D eigenvalue weighted by Crippen LogP contribution is 2.47. The number of hydrogen-bond donors (Lipinski definition) is 3. The van der Waals surface area contributed by atoms with Crippen molar-refractivity contribution in [3.63, 3.8) is 0 Å². The fraction of sp³-hybridized carbons (Fsp3) is 0.643. The topological polar surface area (TPSA) is 153 Å². The van der Waals surface area contributed by atoms with Crippen LogP contribution in [0.4, 0.5) is 13.2 Å². The SMILES string of the molecule is COCC[C@@H]([C@@H]1C[C@H]1C(=O)NC1CC(C)(COC)Oc2ccccc21)N1C(=O)CC(C)(C)N=C1N.O=C(O)C(F)(F)F. The summed E-state index contributed by atoms with van der Waals surface area (Å²) in [6.07, 6.45) is -2.90. The highest BCUT2D eigenvalue weighted by molar-refractivity contribution is 5.99. The van der Waals surface area contributed by atoms with Gasteiger partial charge >= 0.3 is 12.1 Å². The summed E-state index contributed by atoms with van der Waals surface area (Å²) in [5.74, 6) is -2.03. The maximum atomic E-state index is 13.4. The Bertz CT molecular complexity index is 1190. The van der Waals surface area contributed by atoms with Gasteiger partial charge in [-0.25, -0.2) is 9.79 Å². The van der Waals surface area contributed by atoms with Gasteiger partial charge in [0.25, 0.3) is 0 Å². The number of methoxy groups -OCH3 is 2. The predicted molar refractivity (Wildman–Crippen MR) is 146 cm³/mol. The van der Waals surface area contributed by atoms with E-state index in [9.17, 15) is 22.8 Å². The van der Waals surface area contributed by atoms with E-state index >= 15 is 0 Å². The summed E-state index contributed by atoms with van der Waals surface area (Å²) in [6, 6.07) is 7.38. The molecule has 1 fully saturated rings. The van der Waals surface area contributed by atoms with Crippen LogP contribution in [-0.4, -0.2) is 84.5 Å². The van der Waals surface area contributed by atoms with Gasteiger partial charge in [0.2, 0.25) is 11.8 Å². The second-order valence-corrected chi connectivity index (χ2v) is 11.7. The normalized spacial score (nSPS) is 27.0. The molecule has 2 heterocycles. The molecule has 0 radical (unpaired) electrons. The molecule has 1 aromatic rings. The van der Waals surface area contributed by atoms with Gasteiger partial charge in [0.05, 0.1) is 24.6 Å². The number of hydrogen-bond acceptors (Lipinski definition) is 8. The number of halogens is 3. The number of ether oxygens (including phenoxy) is 3. The molecule has 11 nitrogen and oxygen atoms in total. The van der Waals surface area contributed by atoms with E-state index in [0.29, 0.717) is 32.5 Å². The first kappa shape index (κ1) is 33.1. The van der Waals surface area contributed by atoms with Crippen molar-refractivity contribution in [1.82, 2.24) is 10.2 Å². The molecule has 1 aliphatic carbocycles. The van der Waals surface area contributed by atoms with E-state index in [-0.39, 0.29) is 48.1 Å². The summed E-state index contributed by atoms with van der Waals surface area (Å²) in [6.45, 7) is 6.69. The van der Waals surface area contributed by atoms with E-state index in [1.807, 2.05) is 45.0 Å². The van der Waals surface area contributed by atoms with Crippen LogP contribution in [0.5, 0.6) is 5.75 Å². The molecular formula is C28H39F3N4O7. The molecule has 4 rings (SSSR count). The number of rotatable bonds is 9. The lowest BCUT2D eigenvalue weighted by atomic mass is 9.88. The standard InChI is InChI=1S/C26H38N4O5.C2HF3O2/c1-25(2)14-22(31)30(24(27)29-25)20(10-11-33-4)17-12-18(17)23(32)28-19-13-26(3,15-34-5)35-21-9-7-6-8-16(19)21;3-2(4,5)1(6)7/h6-9,17-20H,10-15H2,1-5H3,(H2,27,29)(H,28,32);(H,6,7)/t17-,18-,19?,20+,26?;/m1./s1. The largest absolute Gasteiger partial charge is 0.490 e. The first-order chi connectivity index (χ1) is 19.5. The summed E-state index contributed by atoms with van der Waals surface area (Å²) < 4.78 is 48.6. The maximum absolute atomic E-state index is 13.4. The molecule has 0 spiro atoms. The summed E-state index contributed by atoms with van der Waals surface area (Å²) in [5, 5.41) is 10.4. The number of aliphatic carboxylic acids is 1.